The van der Waals surface area contributed by atoms with E-state index in [1.807, 2.05) is 0 Å². The molecule has 0 spiro atoms. The Morgan fingerprint density at radius 3 is 2.75 bits per heavy atom. The van der Waals surface area contributed by atoms with Gasteiger partial charge in [-0.05, 0) is 42.9 Å². The molecule has 1 saturated carbocycles. The molecule has 0 aromatic heterocycles. The van der Waals surface area contributed by atoms with Gasteiger partial charge in [-0.1, -0.05) is 12.2 Å². The number of carbonyl (C=O) groups is 2. The standard InChI is InChI=1S/C18H22O6/c19-13(24-14-2-1-5-21-14)8-22-18(20)11-7-12-15-9-3-4-10(6-9)16(15)17(11)23-12/h3-4,9-12,14-17H,1-2,5-8H2. The average Bonchev–Trinajstić information content (AvgIpc) is 3.37. The summed E-state index contributed by atoms with van der Waals surface area (Å²) in [4.78, 5) is 24.2. The lowest BCUT2D eigenvalue weighted by molar-refractivity contribution is -0.179. The lowest BCUT2D eigenvalue weighted by Gasteiger charge is -2.32. The van der Waals surface area contributed by atoms with Gasteiger partial charge in [0.1, 0.15) is 0 Å². The normalized spacial score (nSPS) is 47.2. The van der Waals surface area contributed by atoms with Crippen molar-refractivity contribution in [2.45, 2.75) is 44.2 Å². The minimum absolute atomic E-state index is 0.0402. The summed E-state index contributed by atoms with van der Waals surface area (Å²) in [6.07, 6.45) is 7.80. The van der Waals surface area contributed by atoms with Crippen LogP contribution >= 0.6 is 0 Å². The zero-order chi connectivity index (χ0) is 16.3. The second-order valence-corrected chi connectivity index (χ2v) is 7.62. The van der Waals surface area contributed by atoms with Gasteiger partial charge in [0.25, 0.3) is 0 Å². The van der Waals surface area contributed by atoms with Gasteiger partial charge in [0, 0.05) is 6.42 Å². The smallest absolute Gasteiger partial charge is 0.346 e. The maximum absolute atomic E-state index is 12.4. The molecule has 24 heavy (non-hydrogen) atoms. The van der Waals surface area contributed by atoms with Crippen molar-refractivity contribution in [2.24, 2.45) is 29.6 Å². The molecule has 5 aliphatic rings. The molecule has 0 radical (unpaired) electrons. The summed E-state index contributed by atoms with van der Waals surface area (Å²) < 4.78 is 21.7. The molecule has 3 saturated heterocycles. The summed E-state index contributed by atoms with van der Waals surface area (Å²) >= 11 is 0. The lowest BCUT2D eigenvalue weighted by atomic mass is 9.69. The van der Waals surface area contributed by atoms with Gasteiger partial charge in [0.2, 0.25) is 6.29 Å². The molecule has 4 bridgehead atoms. The van der Waals surface area contributed by atoms with E-state index in [2.05, 4.69) is 12.2 Å². The quantitative estimate of drug-likeness (QED) is 0.572. The molecule has 0 aromatic carbocycles. The van der Waals surface area contributed by atoms with Gasteiger partial charge >= 0.3 is 11.9 Å². The number of ether oxygens (including phenoxy) is 4. The number of hydrogen-bond acceptors (Lipinski definition) is 6. The summed E-state index contributed by atoms with van der Waals surface area (Å²) in [5.41, 5.74) is 0. The van der Waals surface area contributed by atoms with Crippen LogP contribution in [-0.4, -0.2) is 43.7 Å². The van der Waals surface area contributed by atoms with Crippen molar-refractivity contribution in [1.29, 1.82) is 0 Å². The first-order valence-corrected chi connectivity index (χ1v) is 9.02. The number of fused-ring (bicyclic) bond motifs is 9. The van der Waals surface area contributed by atoms with E-state index < -0.39 is 12.3 Å². The Balaban J connectivity index is 1.16. The molecule has 2 aliphatic carbocycles. The minimum Gasteiger partial charge on any atom is -0.453 e. The zero-order valence-corrected chi connectivity index (χ0v) is 13.5. The fraction of sp³-hybridized carbons (Fsp3) is 0.778. The SMILES string of the molecule is O=C(COC(=O)C1CC2OC1C1C3C=CC(C3)C21)OC1CCCO1. The number of rotatable bonds is 4. The minimum atomic E-state index is -0.542. The molecule has 0 amide bonds. The van der Waals surface area contributed by atoms with Crippen molar-refractivity contribution in [3.63, 3.8) is 0 Å². The predicted molar refractivity (Wildman–Crippen MR) is 80.5 cm³/mol. The third kappa shape index (κ3) is 2.23. The summed E-state index contributed by atoms with van der Waals surface area (Å²) in [7, 11) is 0. The molecular weight excluding hydrogens is 312 g/mol. The number of allylic oxidation sites excluding steroid dienone is 2. The lowest BCUT2D eigenvalue weighted by Crippen LogP contribution is -2.40. The average molecular weight is 334 g/mol. The first-order valence-electron chi connectivity index (χ1n) is 9.02. The molecule has 3 aliphatic heterocycles. The van der Waals surface area contributed by atoms with E-state index in [0.717, 1.165) is 12.8 Å². The fourth-order valence-electron chi connectivity index (χ4n) is 5.52. The van der Waals surface area contributed by atoms with Gasteiger partial charge in [0.05, 0.1) is 24.7 Å². The highest BCUT2D eigenvalue weighted by Crippen LogP contribution is 2.61. The highest BCUT2D eigenvalue weighted by molar-refractivity contribution is 5.78. The summed E-state index contributed by atoms with van der Waals surface area (Å²) in [5, 5.41) is 0. The van der Waals surface area contributed by atoms with Crippen molar-refractivity contribution in [3.05, 3.63) is 12.2 Å². The highest BCUT2D eigenvalue weighted by atomic mass is 16.7. The topological polar surface area (TPSA) is 71.1 Å². The molecule has 6 heteroatoms. The first-order chi connectivity index (χ1) is 11.7. The number of carbonyl (C=O) groups excluding carboxylic acids is 2. The highest BCUT2D eigenvalue weighted by Gasteiger charge is 2.64. The monoisotopic (exact) mass is 334 g/mol. The van der Waals surface area contributed by atoms with Crippen molar-refractivity contribution in [1.82, 2.24) is 0 Å². The van der Waals surface area contributed by atoms with Crippen molar-refractivity contribution >= 4 is 11.9 Å². The molecule has 8 unspecified atom stereocenters. The van der Waals surface area contributed by atoms with Crippen LogP contribution < -0.4 is 0 Å². The Hall–Kier alpha value is -1.40. The van der Waals surface area contributed by atoms with Crippen LogP contribution in [0.1, 0.15) is 25.7 Å². The van der Waals surface area contributed by atoms with Crippen LogP contribution in [0.2, 0.25) is 0 Å². The molecule has 4 fully saturated rings. The molecule has 130 valence electrons. The molecule has 5 rings (SSSR count). The largest absolute Gasteiger partial charge is 0.453 e. The van der Waals surface area contributed by atoms with Crippen LogP contribution in [0, 0.1) is 29.6 Å². The van der Waals surface area contributed by atoms with Crippen molar-refractivity contribution in [3.8, 4) is 0 Å². The molecule has 3 heterocycles. The third-order valence-electron chi connectivity index (χ3n) is 6.39. The Morgan fingerprint density at radius 2 is 1.96 bits per heavy atom. The van der Waals surface area contributed by atoms with Crippen molar-refractivity contribution in [2.75, 3.05) is 13.2 Å². The van der Waals surface area contributed by atoms with E-state index >= 15 is 0 Å². The van der Waals surface area contributed by atoms with Crippen LogP contribution in [0.15, 0.2) is 12.2 Å². The van der Waals surface area contributed by atoms with Gasteiger partial charge in [-0.25, -0.2) is 4.79 Å². The van der Waals surface area contributed by atoms with E-state index in [0.29, 0.717) is 36.7 Å². The van der Waals surface area contributed by atoms with Gasteiger partial charge in [-0.15, -0.1) is 0 Å². The summed E-state index contributed by atoms with van der Waals surface area (Å²) in [5.74, 6) is 1.12. The van der Waals surface area contributed by atoms with E-state index in [4.69, 9.17) is 18.9 Å². The van der Waals surface area contributed by atoms with E-state index in [1.165, 1.54) is 6.42 Å². The molecule has 0 N–H and O–H groups in total. The maximum Gasteiger partial charge on any atom is 0.346 e. The van der Waals surface area contributed by atoms with Gasteiger partial charge in [0.15, 0.2) is 6.61 Å². The molecule has 0 aromatic rings. The maximum atomic E-state index is 12.4. The molecular formula is C18H22O6. The Bertz CT molecular complexity index is 580. The van der Waals surface area contributed by atoms with Crippen LogP contribution in [0.3, 0.4) is 0 Å². The first kappa shape index (κ1) is 14.9. The second kappa shape index (κ2) is 5.56. The summed E-state index contributed by atoms with van der Waals surface area (Å²) in [6.45, 7) is 0.270. The van der Waals surface area contributed by atoms with Crippen LogP contribution in [-0.2, 0) is 28.5 Å². The zero-order valence-electron chi connectivity index (χ0n) is 13.5. The Kier molecular flexibility index (Phi) is 3.45. The van der Waals surface area contributed by atoms with E-state index in [9.17, 15) is 9.59 Å². The van der Waals surface area contributed by atoms with E-state index in [1.54, 1.807) is 0 Å². The summed E-state index contributed by atoms with van der Waals surface area (Å²) in [6, 6.07) is 0. The number of esters is 2. The van der Waals surface area contributed by atoms with E-state index in [-0.39, 0.29) is 30.7 Å². The van der Waals surface area contributed by atoms with Gasteiger partial charge < -0.3 is 18.9 Å². The molecule has 8 atom stereocenters. The number of hydrogen-bond donors (Lipinski definition) is 0. The van der Waals surface area contributed by atoms with Crippen LogP contribution in [0.25, 0.3) is 0 Å². The van der Waals surface area contributed by atoms with Crippen LogP contribution in [0.5, 0.6) is 0 Å². The molecule has 6 nitrogen and oxygen atoms in total. The second-order valence-electron chi connectivity index (χ2n) is 7.62. The van der Waals surface area contributed by atoms with Crippen LogP contribution in [0.4, 0.5) is 0 Å². The van der Waals surface area contributed by atoms with Crippen molar-refractivity contribution < 1.29 is 28.5 Å². The van der Waals surface area contributed by atoms with Gasteiger partial charge in [-0.3, -0.25) is 4.79 Å². The van der Waals surface area contributed by atoms with Gasteiger partial charge in [-0.2, -0.15) is 0 Å². The Morgan fingerprint density at radius 1 is 1.12 bits per heavy atom. The fourth-order valence-corrected chi connectivity index (χ4v) is 5.52. The Labute approximate surface area is 140 Å². The third-order valence-corrected chi connectivity index (χ3v) is 6.39. The predicted octanol–water partition coefficient (Wildman–Crippen LogP) is 1.43.